The minimum absolute atomic E-state index is 0.0557. The van der Waals surface area contributed by atoms with Crippen LogP contribution in [0.4, 0.5) is 10.5 Å². The summed E-state index contributed by atoms with van der Waals surface area (Å²) in [6.45, 7) is 1.92. The maximum absolute atomic E-state index is 12.4. The minimum atomic E-state index is -3.62. The monoisotopic (exact) mass is 405 g/mol. The van der Waals surface area contributed by atoms with Gasteiger partial charge in [-0.1, -0.05) is 30.3 Å². The molecule has 1 unspecified atom stereocenters. The number of anilines is 1. The fourth-order valence-corrected chi connectivity index (χ4v) is 3.57. The first-order chi connectivity index (χ1) is 13.2. The van der Waals surface area contributed by atoms with Crippen LogP contribution in [0.25, 0.3) is 0 Å². The second-order valence-electron chi connectivity index (χ2n) is 6.67. The van der Waals surface area contributed by atoms with Crippen LogP contribution in [0.5, 0.6) is 5.75 Å². The standard InChI is InChI=1S/C20H27N3O4S/c1-15(10-11-16-8-6-5-7-9-16)21-20(24)22-18-14-17(12-13-19(18)27-4)28(25,26)23(2)3/h5-9,12-15H,10-11H2,1-4H3,(H2,21,22,24). The van der Waals surface area contributed by atoms with Gasteiger partial charge >= 0.3 is 6.03 Å². The molecule has 0 heterocycles. The normalized spacial score (nSPS) is 12.5. The molecule has 0 fully saturated rings. The lowest BCUT2D eigenvalue weighted by Crippen LogP contribution is -2.36. The van der Waals surface area contributed by atoms with Crippen molar-refractivity contribution in [3.63, 3.8) is 0 Å². The molecular formula is C20H27N3O4S. The van der Waals surface area contributed by atoms with Gasteiger partial charge in [0.2, 0.25) is 10.0 Å². The van der Waals surface area contributed by atoms with Crippen molar-refractivity contribution >= 4 is 21.7 Å². The molecule has 2 aromatic carbocycles. The van der Waals surface area contributed by atoms with Gasteiger partial charge in [-0.15, -0.1) is 0 Å². The molecule has 0 aromatic heterocycles. The highest BCUT2D eigenvalue weighted by molar-refractivity contribution is 7.89. The Balaban J connectivity index is 2.03. The summed E-state index contributed by atoms with van der Waals surface area (Å²) in [5, 5.41) is 5.55. The van der Waals surface area contributed by atoms with Crippen molar-refractivity contribution < 1.29 is 17.9 Å². The number of nitrogens with one attached hydrogen (secondary N) is 2. The minimum Gasteiger partial charge on any atom is -0.495 e. The summed E-state index contributed by atoms with van der Waals surface area (Å²) < 4.78 is 31.0. The number of methoxy groups -OCH3 is 1. The molecule has 0 aliphatic rings. The Bertz CT molecular complexity index is 899. The third-order valence-electron chi connectivity index (χ3n) is 4.28. The first-order valence-electron chi connectivity index (χ1n) is 8.96. The van der Waals surface area contributed by atoms with Gasteiger partial charge in [-0.25, -0.2) is 17.5 Å². The van der Waals surface area contributed by atoms with Crippen LogP contribution in [-0.4, -0.2) is 46.0 Å². The van der Waals surface area contributed by atoms with Crippen molar-refractivity contribution in [3.8, 4) is 5.75 Å². The fourth-order valence-electron chi connectivity index (χ4n) is 2.64. The van der Waals surface area contributed by atoms with E-state index in [9.17, 15) is 13.2 Å². The summed E-state index contributed by atoms with van der Waals surface area (Å²) in [6.07, 6.45) is 1.63. The third kappa shape index (κ3) is 5.71. The first-order valence-corrected chi connectivity index (χ1v) is 10.4. The topological polar surface area (TPSA) is 87.7 Å². The molecule has 0 radical (unpaired) electrons. The van der Waals surface area contributed by atoms with Crippen molar-refractivity contribution in [2.75, 3.05) is 26.5 Å². The predicted octanol–water partition coefficient (Wildman–Crippen LogP) is 3.09. The van der Waals surface area contributed by atoms with E-state index < -0.39 is 16.1 Å². The van der Waals surface area contributed by atoms with Gasteiger partial charge < -0.3 is 15.4 Å². The second kappa shape index (κ2) is 9.57. The van der Waals surface area contributed by atoms with Crippen LogP contribution in [0, 0.1) is 0 Å². The average Bonchev–Trinajstić information content (AvgIpc) is 2.66. The zero-order valence-corrected chi connectivity index (χ0v) is 17.4. The van der Waals surface area contributed by atoms with Crippen LogP contribution in [-0.2, 0) is 16.4 Å². The zero-order valence-electron chi connectivity index (χ0n) is 16.6. The largest absolute Gasteiger partial charge is 0.495 e. The molecule has 2 rings (SSSR count). The van der Waals surface area contributed by atoms with E-state index in [4.69, 9.17) is 4.74 Å². The van der Waals surface area contributed by atoms with Gasteiger partial charge in [0.05, 0.1) is 17.7 Å². The van der Waals surface area contributed by atoms with Crippen LogP contribution in [0.2, 0.25) is 0 Å². The summed E-state index contributed by atoms with van der Waals surface area (Å²) in [7, 11) is 0.747. The third-order valence-corrected chi connectivity index (χ3v) is 6.10. The van der Waals surface area contributed by atoms with E-state index in [0.29, 0.717) is 5.75 Å². The predicted molar refractivity (Wildman–Crippen MR) is 110 cm³/mol. The summed E-state index contributed by atoms with van der Waals surface area (Å²) in [5.74, 6) is 0.379. The average molecular weight is 406 g/mol. The highest BCUT2D eigenvalue weighted by Gasteiger charge is 2.20. The Morgan fingerprint density at radius 3 is 2.43 bits per heavy atom. The SMILES string of the molecule is COc1ccc(S(=O)(=O)N(C)C)cc1NC(=O)NC(C)CCc1ccccc1. The van der Waals surface area contributed by atoms with E-state index >= 15 is 0 Å². The van der Waals surface area contributed by atoms with Crippen molar-refractivity contribution in [2.45, 2.75) is 30.7 Å². The Hall–Kier alpha value is -2.58. The zero-order chi connectivity index (χ0) is 20.7. The second-order valence-corrected chi connectivity index (χ2v) is 8.83. The van der Waals surface area contributed by atoms with E-state index in [2.05, 4.69) is 10.6 Å². The van der Waals surface area contributed by atoms with E-state index in [1.807, 2.05) is 37.3 Å². The number of amides is 2. The lowest BCUT2D eigenvalue weighted by molar-refractivity contribution is 0.248. The number of ether oxygens (including phenoxy) is 1. The number of carbonyl (C=O) groups excluding carboxylic acids is 1. The number of nitrogens with zero attached hydrogens (tertiary/aromatic N) is 1. The van der Waals surface area contributed by atoms with Crippen LogP contribution in [0.15, 0.2) is 53.4 Å². The van der Waals surface area contributed by atoms with Gasteiger partial charge in [0.25, 0.3) is 0 Å². The quantitative estimate of drug-likeness (QED) is 0.706. The first kappa shape index (κ1) is 21.7. The van der Waals surface area contributed by atoms with Gasteiger partial charge in [-0.05, 0) is 43.5 Å². The van der Waals surface area contributed by atoms with Gasteiger partial charge in [0.1, 0.15) is 5.75 Å². The van der Waals surface area contributed by atoms with Gasteiger partial charge in [0, 0.05) is 20.1 Å². The molecule has 28 heavy (non-hydrogen) atoms. The Labute approximate surface area is 166 Å². The van der Waals surface area contributed by atoms with Gasteiger partial charge in [-0.3, -0.25) is 0 Å². The number of urea groups is 1. The highest BCUT2D eigenvalue weighted by Crippen LogP contribution is 2.28. The molecule has 2 N–H and O–H groups in total. The summed E-state index contributed by atoms with van der Waals surface area (Å²) >= 11 is 0. The van der Waals surface area contributed by atoms with Crippen LogP contribution < -0.4 is 15.4 Å². The van der Waals surface area contributed by atoms with Crippen molar-refractivity contribution in [3.05, 3.63) is 54.1 Å². The summed E-state index contributed by atoms with van der Waals surface area (Å²) in [5.41, 5.74) is 1.50. The molecule has 2 amide bonds. The molecule has 0 spiro atoms. The van der Waals surface area contributed by atoms with Crippen LogP contribution in [0.3, 0.4) is 0 Å². The molecule has 152 valence electrons. The Morgan fingerprint density at radius 2 is 1.82 bits per heavy atom. The molecule has 0 aliphatic carbocycles. The summed E-state index contributed by atoms with van der Waals surface area (Å²) in [4.78, 5) is 12.4. The molecule has 0 saturated heterocycles. The molecule has 1 atom stereocenters. The maximum Gasteiger partial charge on any atom is 0.319 e. The molecule has 0 saturated carbocycles. The fraction of sp³-hybridized carbons (Fsp3) is 0.350. The number of sulfonamides is 1. The Morgan fingerprint density at radius 1 is 1.14 bits per heavy atom. The number of benzene rings is 2. The number of carbonyl (C=O) groups is 1. The number of aryl methyl sites for hydroxylation is 1. The van der Waals surface area contributed by atoms with E-state index in [0.717, 1.165) is 17.1 Å². The van der Waals surface area contributed by atoms with Crippen molar-refractivity contribution in [2.24, 2.45) is 0 Å². The van der Waals surface area contributed by atoms with Crippen LogP contribution >= 0.6 is 0 Å². The van der Waals surface area contributed by atoms with Crippen molar-refractivity contribution in [1.29, 1.82) is 0 Å². The van der Waals surface area contributed by atoms with Gasteiger partial charge in [0.15, 0.2) is 0 Å². The molecule has 0 bridgehead atoms. The molecule has 8 heteroatoms. The summed E-state index contributed by atoms with van der Waals surface area (Å²) in [6, 6.07) is 13.9. The molecule has 7 nitrogen and oxygen atoms in total. The Kier molecular flexibility index (Phi) is 7.42. The number of rotatable bonds is 8. The number of hydrogen-bond donors (Lipinski definition) is 2. The lowest BCUT2D eigenvalue weighted by Gasteiger charge is -2.17. The number of hydrogen-bond acceptors (Lipinski definition) is 4. The molecular weight excluding hydrogens is 378 g/mol. The van der Waals surface area contributed by atoms with E-state index in [1.165, 1.54) is 45.0 Å². The van der Waals surface area contributed by atoms with Gasteiger partial charge in [-0.2, -0.15) is 0 Å². The maximum atomic E-state index is 12.4. The molecule has 2 aromatic rings. The lowest BCUT2D eigenvalue weighted by atomic mass is 10.1. The smallest absolute Gasteiger partial charge is 0.319 e. The van der Waals surface area contributed by atoms with Crippen molar-refractivity contribution in [1.82, 2.24) is 9.62 Å². The molecule has 0 aliphatic heterocycles. The van der Waals surface area contributed by atoms with E-state index in [-0.39, 0.29) is 16.6 Å². The van der Waals surface area contributed by atoms with E-state index in [1.54, 1.807) is 0 Å². The van der Waals surface area contributed by atoms with Crippen LogP contribution in [0.1, 0.15) is 18.9 Å². The highest BCUT2D eigenvalue weighted by atomic mass is 32.2.